The minimum atomic E-state index is -0.483. The second-order valence-electron chi connectivity index (χ2n) is 3.89. The van der Waals surface area contributed by atoms with Crippen molar-refractivity contribution in [2.45, 2.75) is 25.0 Å². The van der Waals surface area contributed by atoms with Crippen LogP contribution >= 0.6 is 11.6 Å². The molecule has 0 unspecified atom stereocenters. The highest BCUT2D eigenvalue weighted by Crippen LogP contribution is 2.30. The Kier molecular flexibility index (Phi) is 2.98. The summed E-state index contributed by atoms with van der Waals surface area (Å²) >= 11 is 5.91. The van der Waals surface area contributed by atoms with Crippen LogP contribution in [0.15, 0.2) is 18.2 Å². The smallest absolute Gasteiger partial charge is 0.271 e. The van der Waals surface area contributed by atoms with Gasteiger partial charge in [-0.25, -0.2) is 0 Å². The van der Waals surface area contributed by atoms with E-state index in [1.54, 1.807) is 6.07 Å². The molecule has 0 radical (unpaired) electrons. The Hall–Kier alpha value is -1.33. The van der Waals surface area contributed by atoms with Crippen molar-refractivity contribution < 1.29 is 10.0 Å². The number of aliphatic hydroxyl groups is 1. The van der Waals surface area contributed by atoms with Crippen LogP contribution in [0, 0.1) is 10.1 Å². The Morgan fingerprint density at radius 3 is 2.69 bits per heavy atom. The topological polar surface area (TPSA) is 75.4 Å². The molecule has 16 heavy (non-hydrogen) atoms. The fourth-order valence-corrected chi connectivity index (χ4v) is 1.89. The molecule has 2 N–H and O–H groups in total. The third-order valence-corrected chi connectivity index (χ3v) is 2.95. The predicted octanol–water partition coefficient (Wildman–Crippen LogP) is 2.18. The maximum absolute atomic E-state index is 10.5. The molecule has 1 saturated carbocycles. The van der Waals surface area contributed by atoms with E-state index in [4.69, 9.17) is 16.7 Å². The molecule has 1 aromatic rings. The Balaban J connectivity index is 2.07. The van der Waals surface area contributed by atoms with Crippen LogP contribution < -0.4 is 5.32 Å². The van der Waals surface area contributed by atoms with Crippen LogP contribution in [0.1, 0.15) is 12.8 Å². The molecule has 1 fully saturated rings. The van der Waals surface area contributed by atoms with Crippen molar-refractivity contribution in [3.63, 3.8) is 0 Å². The van der Waals surface area contributed by atoms with E-state index in [1.807, 2.05) is 0 Å². The van der Waals surface area contributed by atoms with Gasteiger partial charge in [0.1, 0.15) is 0 Å². The predicted molar refractivity (Wildman–Crippen MR) is 60.8 cm³/mol. The van der Waals surface area contributed by atoms with Gasteiger partial charge in [0.05, 0.1) is 21.7 Å². The van der Waals surface area contributed by atoms with Crippen molar-refractivity contribution >= 4 is 23.0 Å². The molecular weight excluding hydrogens is 232 g/mol. The van der Waals surface area contributed by atoms with Gasteiger partial charge in [0.15, 0.2) is 0 Å². The molecule has 0 spiro atoms. The summed E-state index contributed by atoms with van der Waals surface area (Å²) in [5.41, 5.74) is 0.647. The minimum absolute atomic E-state index is 0.0239. The van der Waals surface area contributed by atoms with E-state index >= 15 is 0 Å². The quantitative estimate of drug-likeness (QED) is 0.629. The Labute approximate surface area is 97.2 Å². The third-order valence-electron chi connectivity index (χ3n) is 2.64. The Bertz CT molecular complexity index is 419. The lowest BCUT2D eigenvalue weighted by Gasteiger charge is -2.33. The molecule has 5 nitrogen and oxygen atoms in total. The van der Waals surface area contributed by atoms with E-state index in [2.05, 4.69) is 5.32 Å². The zero-order valence-corrected chi connectivity index (χ0v) is 9.15. The fraction of sp³-hybridized carbons (Fsp3) is 0.400. The van der Waals surface area contributed by atoms with Crippen LogP contribution in [0.3, 0.4) is 0 Å². The highest BCUT2D eigenvalue weighted by Gasteiger charge is 2.27. The second kappa shape index (κ2) is 4.27. The highest BCUT2D eigenvalue weighted by molar-refractivity contribution is 6.33. The Morgan fingerprint density at radius 2 is 2.19 bits per heavy atom. The Morgan fingerprint density at radius 1 is 1.50 bits per heavy atom. The number of benzene rings is 1. The SMILES string of the molecule is O=[N+]([O-])c1ccc(NC2CC(O)C2)c(Cl)c1. The number of nitro benzene ring substituents is 1. The fourth-order valence-electron chi connectivity index (χ4n) is 1.66. The van der Waals surface area contributed by atoms with Crippen molar-refractivity contribution in [1.29, 1.82) is 0 Å². The van der Waals surface area contributed by atoms with Crippen LogP contribution in [-0.2, 0) is 0 Å². The van der Waals surface area contributed by atoms with E-state index in [1.165, 1.54) is 12.1 Å². The summed E-state index contributed by atoms with van der Waals surface area (Å²) in [6.07, 6.45) is 1.13. The van der Waals surface area contributed by atoms with Gasteiger partial charge in [-0.05, 0) is 18.9 Å². The molecule has 6 heteroatoms. The van der Waals surface area contributed by atoms with E-state index in [0.29, 0.717) is 23.6 Å². The van der Waals surface area contributed by atoms with E-state index in [9.17, 15) is 10.1 Å². The summed E-state index contributed by atoms with van der Waals surface area (Å²) in [7, 11) is 0. The van der Waals surface area contributed by atoms with Gasteiger partial charge in [0.25, 0.3) is 5.69 Å². The monoisotopic (exact) mass is 242 g/mol. The molecule has 1 aliphatic rings. The molecule has 0 atom stereocenters. The molecule has 86 valence electrons. The molecule has 0 bridgehead atoms. The molecule has 1 aliphatic carbocycles. The van der Waals surface area contributed by atoms with Gasteiger partial charge < -0.3 is 10.4 Å². The number of halogens is 1. The first kappa shape index (κ1) is 11.2. The number of hydrogen-bond donors (Lipinski definition) is 2. The third kappa shape index (κ3) is 2.25. The standard InChI is InChI=1S/C10H11ClN2O3/c11-9-5-7(13(15)16)1-2-10(9)12-6-3-8(14)4-6/h1-2,5-6,8,12,14H,3-4H2. The lowest BCUT2D eigenvalue weighted by Crippen LogP contribution is -2.38. The minimum Gasteiger partial charge on any atom is -0.393 e. The van der Waals surface area contributed by atoms with Gasteiger partial charge in [-0.15, -0.1) is 0 Å². The number of nitrogens with one attached hydrogen (secondary N) is 1. The van der Waals surface area contributed by atoms with Gasteiger partial charge >= 0.3 is 0 Å². The lowest BCUT2D eigenvalue weighted by molar-refractivity contribution is -0.384. The largest absolute Gasteiger partial charge is 0.393 e. The van der Waals surface area contributed by atoms with Gasteiger partial charge in [-0.2, -0.15) is 0 Å². The van der Waals surface area contributed by atoms with E-state index < -0.39 is 4.92 Å². The van der Waals surface area contributed by atoms with Crippen molar-refractivity contribution in [1.82, 2.24) is 0 Å². The molecule has 0 aliphatic heterocycles. The molecule has 0 heterocycles. The lowest BCUT2D eigenvalue weighted by atomic mass is 9.89. The molecule has 2 rings (SSSR count). The van der Waals surface area contributed by atoms with Crippen molar-refractivity contribution in [3.8, 4) is 0 Å². The first-order chi connectivity index (χ1) is 7.56. The van der Waals surface area contributed by atoms with Crippen molar-refractivity contribution in [3.05, 3.63) is 33.3 Å². The number of rotatable bonds is 3. The maximum atomic E-state index is 10.5. The molecule has 0 amide bonds. The molecule has 1 aromatic carbocycles. The summed E-state index contributed by atoms with van der Waals surface area (Å²) in [6.45, 7) is 0. The van der Waals surface area contributed by atoms with E-state index in [-0.39, 0.29) is 17.8 Å². The van der Waals surface area contributed by atoms with Gasteiger partial charge in [0.2, 0.25) is 0 Å². The first-order valence-electron chi connectivity index (χ1n) is 4.95. The number of non-ortho nitro benzene ring substituents is 1. The summed E-state index contributed by atoms with van der Waals surface area (Å²) in [6, 6.07) is 4.52. The number of nitrogens with zero attached hydrogens (tertiary/aromatic N) is 1. The van der Waals surface area contributed by atoms with Gasteiger partial charge in [0, 0.05) is 18.2 Å². The number of aliphatic hydroxyl groups excluding tert-OH is 1. The number of anilines is 1. The average Bonchev–Trinajstić information content (AvgIpc) is 2.18. The zero-order chi connectivity index (χ0) is 11.7. The van der Waals surface area contributed by atoms with Crippen LogP contribution in [-0.4, -0.2) is 22.2 Å². The van der Waals surface area contributed by atoms with Crippen LogP contribution in [0.5, 0.6) is 0 Å². The van der Waals surface area contributed by atoms with E-state index in [0.717, 1.165) is 0 Å². The van der Waals surface area contributed by atoms with Crippen molar-refractivity contribution in [2.24, 2.45) is 0 Å². The summed E-state index contributed by atoms with van der Waals surface area (Å²) < 4.78 is 0. The maximum Gasteiger partial charge on any atom is 0.271 e. The number of hydrogen-bond acceptors (Lipinski definition) is 4. The first-order valence-corrected chi connectivity index (χ1v) is 5.32. The summed E-state index contributed by atoms with van der Waals surface area (Å²) in [5, 5.41) is 23.1. The summed E-state index contributed by atoms with van der Waals surface area (Å²) in [5.74, 6) is 0. The van der Waals surface area contributed by atoms with Crippen LogP contribution in [0.25, 0.3) is 0 Å². The number of nitro groups is 1. The molecule has 0 saturated heterocycles. The van der Waals surface area contributed by atoms with Crippen LogP contribution in [0.4, 0.5) is 11.4 Å². The second-order valence-corrected chi connectivity index (χ2v) is 4.29. The van der Waals surface area contributed by atoms with Gasteiger partial charge in [-0.3, -0.25) is 10.1 Å². The van der Waals surface area contributed by atoms with Gasteiger partial charge in [-0.1, -0.05) is 11.6 Å². The zero-order valence-electron chi connectivity index (χ0n) is 8.39. The summed E-state index contributed by atoms with van der Waals surface area (Å²) in [4.78, 5) is 10.0. The molecule has 0 aromatic heterocycles. The van der Waals surface area contributed by atoms with Crippen LogP contribution in [0.2, 0.25) is 5.02 Å². The van der Waals surface area contributed by atoms with Crippen molar-refractivity contribution in [2.75, 3.05) is 5.32 Å². The molecular formula is C10H11ClN2O3. The normalized spacial score (nSPS) is 23.6. The highest BCUT2D eigenvalue weighted by atomic mass is 35.5. The average molecular weight is 243 g/mol.